The fraction of sp³-hybridized carbons (Fsp3) is 0.481. The largest absolute Gasteiger partial charge is 0.339 e. The molecule has 0 unspecified atom stereocenters. The summed E-state index contributed by atoms with van der Waals surface area (Å²) >= 11 is 0. The van der Waals surface area contributed by atoms with Crippen molar-refractivity contribution in [1.82, 2.24) is 10.2 Å². The number of benzene rings is 2. The molecular formula is C27H34N4O2. The van der Waals surface area contributed by atoms with Gasteiger partial charge < -0.3 is 15.5 Å². The van der Waals surface area contributed by atoms with Crippen LogP contribution in [0.4, 0.5) is 11.4 Å². The third-order valence-corrected chi connectivity index (χ3v) is 7.73. The maximum Gasteiger partial charge on any atom is 0.247 e. The molecular weight excluding hydrogens is 412 g/mol. The number of para-hydroxylation sites is 1. The van der Waals surface area contributed by atoms with Crippen LogP contribution in [0.2, 0.25) is 0 Å². The lowest BCUT2D eigenvalue weighted by atomic mass is 9.84. The highest BCUT2D eigenvalue weighted by atomic mass is 16.2. The van der Waals surface area contributed by atoms with E-state index < -0.39 is 5.54 Å². The first kappa shape index (κ1) is 22.0. The number of rotatable bonds is 5. The van der Waals surface area contributed by atoms with Gasteiger partial charge in [-0.25, -0.2) is 0 Å². The predicted molar refractivity (Wildman–Crippen MR) is 131 cm³/mol. The average Bonchev–Trinajstić information content (AvgIpc) is 3.17. The second-order valence-electron chi connectivity index (χ2n) is 9.74. The number of nitrogens with zero attached hydrogens (tertiary/aromatic N) is 2. The third-order valence-electron chi connectivity index (χ3n) is 7.73. The Balaban J connectivity index is 1.15. The maximum atomic E-state index is 12.8. The van der Waals surface area contributed by atoms with Crippen molar-refractivity contribution in [3.8, 4) is 0 Å². The van der Waals surface area contributed by atoms with Crippen molar-refractivity contribution in [3.05, 3.63) is 60.2 Å². The quantitative estimate of drug-likeness (QED) is 0.726. The SMILES string of the molecule is O=C(CN1CCC2(CC1)C(=O)NCN2c1ccccc1)Nc1ccc(C2CCCCC2)cc1. The molecule has 6 heteroatoms. The first-order valence-electron chi connectivity index (χ1n) is 12.4. The van der Waals surface area contributed by atoms with Crippen molar-refractivity contribution >= 4 is 23.2 Å². The first-order chi connectivity index (χ1) is 16.1. The van der Waals surface area contributed by atoms with Crippen molar-refractivity contribution in [3.63, 3.8) is 0 Å². The predicted octanol–water partition coefficient (Wildman–Crippen LogP) is 4.10. The van der Waals surface area contributed by atoms with Crippen LogP contribution in [0.15, 0.2) is 54.6 Å². The summed E-state index contributed by atoms with van der Waals surface area (Å²) < 4.78 is 0. The lowest BCUT2D eigenvalue weighted by Crippen LogP contribution is -2.57. The molecule has 174 valence electrons. The van der Waals surface area contributed by atoms with E-state index in [1.165, 1.54) is 37.7 Å². The van der Waals surface area contributed by atoms with Crippen molar-refractivity contribution in [2.24, 2.45) is 0 Å². The van der Waals surface area contributed by atoms with Crippen LogP contribution in [0.5, 0.6) is 0 Å². The molecule has 2 saturated heterocycles. The van der Waals surface area contributed by atoms with E-state index in [0.717, 1.165) is 37.3 Å². The molecule has 0 radical (unpaired) electrons. The zero-order valence-electron chi connectivity index (χ0n) is 19.3. The van der Waals surface area contributed by atoms with E-state index in [-0.39, 0.29) is 11.8 Å². The molecule has 2 N–H and O–H groups in total. The van der Waals surface area contributed by atoms with Gasteiger partial charge in [0.2, 0.25) is 11.8 Å². The summed E-state index contributed by atoms with van der Waals surface area (Å²) in [5.74, 6) is 0.785. The zero-order valence-corrected chi connectivity index (χ0v) is 19.3. The van der Waals surface area contributed by atoms with E-state index in [4.69, 9.17) is 0 Å². The monoisotopic (exact) mass is 446 g/mol. The van der Waals surface area contributed by atoms with E-state index >= 15 is 0 Å². The molecule has 3 fully saturated rings. The topological polar surface area (TPSA) is 64.7 Å². The highest BCUT2D eigenvalue weighted by molar-refractivity contribution is 5.94. The number of piperidine rings is 1. The number of likely N-dealkylation sites (tertiary alicyclic amines) is 1. The van der Waals surface area contributed by atoms with Gasteiger partial charge in [-0.1, -0.05) is 49.6 Å². The van der Waals surface area contributed by atoms with Crippen LogP contribution in [-0.4, -0.2) is 48.6 Å². The molecule has 2 amide bonds. The van der Waals surface area contributed by atoms with E-state index in [9.17, 15) is 9.59 Å². The van der Waals surface area contributed by atoms with Crippen molar-refractivity contribution in [1.29, 1.82) is 0 Å². The van der Waals surface area contributed by atoms with Gasteiger partial charge in [0.05, 0.1) is 13.2 Å². The van der Waals surface area contributed by atoms with E-state index in [0.29, 0.717) is 19.1 Å². The highest BCUT2D eigenvalue weighted by Gasteiger charge is 2.50. The second kappa shape index (κ2) is 9.56. The van der Waals surface area contributed by atoms with Gasteiger partial charge in [-0.15, -0.1) is 0 Å². The molecule has 0 bridgehead atoms. The molecule has 0 aromatic heterocycles. The molecule has 6 nitrogen and oxygen atoms in total. The first-order valence-corrected chi connectivity index (χ1v) is 12.4. The van der Waals surface area contributed by atoms with Gasteiger partial charge in [0.15, 0.2) is 0 Å². The number of hydrogen-bond acceptors (Lipinski definition) is 4. The lowest BCUT2D eigenvalue weighted by molar-refractivity contribution is -0.125. The van der Waals surface area contributed by atoms with Crippen molar-refractivity contribution in [2.45, 2.75) is 56.4 Å². The Morgan fingerprint density at radius 1 is 0.970 bits per heavy atom. The standard InChI is InChI=1S/C27H34N4O2/c32-25(29-23-13-11-22(12-14-23)21-7-3-1-4-8-21)19-30-17-15-27(16-18-30)26(33)28-20-31(27)24-9-5-2-6-10-24/h2,5-6,9-14,21H,1,3-4,7-8,15-20H2,(H,28,33)(H,29,32). The number of hydrogen-bond donors (Lipinski definition) is 2. The van der Waals surface area contributed by atoms with Gasteiger partial charge in [-0.2, -0.15) is 0 Å². The molecule has 1 spiro atoms. The van der Waals surface area contributed by atoms with Gasteiger partial charge >= 0.3 is 0 Å². The summed E-state index contributed by atoms with van der Waals surface area (Å²) in [7, 11) is 0. The summed E-state index contributed by atoms with van der Waals surface area (Å²) in [6, 6.07) is 18.5. The van der Waals surface area contributed by atoms with Crippen molar-refractivity contribution < 1.29 is 9.59 Å². The van der Waals surface area contributed by atoms with E-state index in [1.807, 2.05) is 30.3 Å². The molecule has 2 heterocycles. The number of carbonyl (C=O) groups is 2. The Morgan fingerprint density at radius 3 is 2.36 bits per heavy atom. The second-order valence-corrected chi connectivity index (χ2v) is 9.74. The van der Waals surface area contributed by atoms with E-state index in [2.05, 4.69) is 44.7 Å². The maximum absolute atomic E-state index is 12.8. The minimum atomic E-state index is -0.511. The van der Waals surface area contributed by atoms with Crippen LogP contribution in [0.3, 0.4) is 0 Å². The molecule has 2 aliphatic heterocycles. The van der Waals surface area contributed by atoms with Crippen LogP contribution < -0.4 is 15.5 Å². The number of anilines is 2. The number of amides is 2. The Bertz CT molecular complexity index is 961. The molecule has 33 heavy (non-hydrogen) atoms. The van der Waals surface area contributed by atoms with Gasteiger partial charge in [0, 0.05) is 24.5 Å². The number of carbonyl (C=O) groups excluding carboxylic acids is 2. The fourth-order valence-corrected chi connectivity index (χ4v) is 5.79. The smallest absolute Gasteiger partial charge is 0.247 e. The summed E-state index contributed by atoms with van der Waals surface area (Å²) in [5, 5.41) is 6.09. The molecule has 5 rings (SSSR count). The van der Waals surface area contributed by atoms with Crippen LogP contribution in [-0.2, 0) is 9.59 Å². The van der Waals surface area contributed by atoms with Crippen LogP contribution >= 0.6 is 0 Å². The minimum Gasteiger partial charge on any atom is -0.339 e. The fourth-order valence-electron chi connectivity index (χ4n) is 5.79. The van der Waals surface area contributed by atoms with Crippen LogP contribution in [0.1, 0.15) is 56.4 Å². The van der Waals surface area contributed by atoms with Gasteiger partial charge in [-0.05, 0) is 61.4 Å². The molecule has 1 aliphatic carbocycles. The van der Waals surface area contributed by atoms with Crippen LogP contribution in [0.25, 0.3) is 0 Å². The molecule has 2 aromatic rings. The van der Waals surface area contributed by atoms with Gasteiger partial charge in [0.25, 0.3) is 0 Å². The zero-order chi connectivity index (χ0) is 22.7. The summed E-state index contributed by atoms with van der Waals surface area (Å²) in [6.07, 6.45) is 8.01. The Kier molecular flexibility index (Phi) is 6.36. The van der Waals surface area contributed by atoms with E-state index in [1.54, 1.807) is 0 Å². The summed E-state index contributed by atoms with van der Waals surface area (Å²) in [6.45, 7) is 2.35. The number of nitrogens with one attached hydrogen (secondary N) is 2. The summed E-state index contributed by atoms with van der Waals surface area (Å²) in [4.78, 5) is 29.8. The van der Waals surface area contributed by atoms with Crippen LogP contribution in [0, 0.1) is 0 Å². The van der Waals surface area contributed by atoms with Gasteiger partial charge in [0.1, 0.15) is 5.54 Å². The van der Waals surface area contributed by atoms with Crippen molar-refractivity contribution in [2.75, 3.05) is 36.5 Å². The average molecular weight is 447 g/mol. The Hall–Kier alpha value is -2.86. The molecule has 2 aromatic carbocycles. The Morgan fingerprint density at radius 2 is 1.67 bits per heavy atom. The third kappa shape index (κ3) is 4.62. The Labute approximate surface area is 196 Å². The molecule has 0 atom stereocenters. The molecule has 1 saturated carbocycles. The minimum absolute atomic E-state index is 0.00663. The summed E-state index contributed by atoms with van der Waals surface area (Å²) in [5.41, 5.74) is 2.81. The highest BCUT2D eigenvalue weighted by Crippen LogP contribution is 2.36. The molecule has 3 aliphatic rings. The van der Waals surface area contributed by atoms with Gasteiger partial charge in [-0.3, -0.25) is 14.5 Å². The lowest BCUT2D eigenvalue weighted by Gasteiger charge is -2.43. The normalized spacial score (nSPS) is 21.2.